The van der Waals surface area contributed by atoms with E-state index in [0.29, 0.717) is 52.4 Å². The van der Waals surface area contributed by atoms with E-state index in [2.05, 4.69) is 302 Å². The fraction of sp³-hybridized carbons (Fsp3) is 0. The van der Waals surface area contributed by atoms with Crippen LogP contribution in [0.4, 0.5) is 0 Å². The van der Waals surface area contributed by atoms with Crippen molar-refractivity contribution >= 4 is 120 Å². The van der Waals surface area contributed by atoms with Crippen LogP contribution in [0.3, 0.4) is 0 Å². The molecular formula is C123H76N10O3. The van der Waals surface area contributed by atoms with Crippen LogP contribution in [-0.4, -0.2) is 49.4 Å². The molecule has 0 unspecified atom stereocenters. The second-order valence-electron chi connectivity index (χ2n) is 33.7. The van der Waals surface area contributed by atoms with E-state index in [4.69, 9.17) is 58.1 Å². The van der Waals surface area contributed by atoms with Crippen molar-refractivity contribution in [3.8, 4) is 142 Å². The first-order valence-corrected chi connectivity index (χ1v) is 45.4. The Labute approximate surface area is 780 Å². The summed E-state index contributed by atoms with van der Waals surface area (Å²) in [5.41, 5.74) is 23.7. The van der Waals surface area contributed by atoms with Crippen molar-refractivity contribution < 1.29 is 13.3 Å². The van der Waals surface area contributed by atoms with Crippen molar-refractivity contribution in [3.05, 3.63) is 461 Å². The second kappa shape index (κ2) is 34.0. The van der Waals surface area contributed by atoms with Gasteiger partial charge in [0.05, 0.1) is 11.0 Å². The van der Waals surface area contributed by atoms with Gasteiger partial charge < -0.3 is 17.8 Å². The number of fused-ring (bicyclic) bond motifs is 15. The van der Waals surface area contributed by atoms with Crippen LogP contribution < -0.4 is 0 Å². The molecule has 0 amide bonds. The van der Waals surface area contributed by atoms with Crippen LogP contribution in [-0.2, 0) is 0 Å². The normalized spacial score (nSPS) is 11.5. The highest BCUT2D eigenvalue weighted by atomic mass is 16.3. The van der Waals surface area contributed by atoms with E-state index in [0.717, 1.165) is 171 Å². The van der Waals surface area contributed by atoms with Gasteiger partial charge in [0.2, 0.25) is 0 Å². The van der Waals surface area contributed by atoms with E-state index in [1.807, 2.05) is 164 Å². The zero-order valence-corrected chi connectivity index (χ0v) is 73.1. The summed E-state index contributed by atoms with van der Waals surface area (Å²) < 4.78 is 21.0. The summed E-state index contributed by atoms with van der Waals surface area (Å²) in [6.07, 6.45) is 0. The van der Waals surface area contributed by atoms with E-state index in [-0.39, 0.29) is 0 Å². The van der Waals surface area contributed by atoms with Gasteiger partial charge in [-0.2, -0.15) is 0 Å². The number of benzene rings is 20. The van der Waals surface area contributed by atoms with E-state index in [9.17, 15) is 0 Å². The molecule has 13 heteroatoms. The molecule has 0 atom stereocenters. The highest BCUT2D eigenvalue weighted by Crippen LogP contribution is 2.45. The Morgan fingerprint density at radius 1 is 0.147 bits per heavy atom. The van der Waals surface area contributed by atoms with E-state index < -0.39 is 0 Å². The Kier molecular flexibility index (Phi) is 19.9. The minimum Gasteiger partial charge on any atom is -0.456 e. The molecule has 27 rings (SSSR count). The third-order valence-corrected chi connectivity index (χ3v) is 25.5. The van der Waals surface area contributed by atoms with Gasteiger partial charge in [0.1, 0.15) is 33.5 Å². The third kappa shape index (κ3) is 14.6. The maximum atomic E-state index is 6.31. The molecule has 0 aliphatic heterocycles. The lowest BCUT2D eigenvalue weighted by molar-refractivity contribution is 0.668. The number of aromatic nitrogens is 10. The topological polar surface area (TPSA) is 160 Å². The zero-order valence-electron chi connectivity index (χ0n) is 73.1. The minimum atomic E-state index is 0.589. The Morgan fingerprint density at radius 2 is 0.441 bits per heavy atom. The Bertz CT molecular complexity index is 9270. The van der Waals surface area contributed by atoms with Crippen LogP contribution in [0.15, 0.2) is 474 Å². The van der Waals surface area contributed by atoms with Crippen LogP contribution in [0.25, 0.3) is 261 Å². The number of nitrogens with zero attached hydrogens (tertiary/aromatic N) is 10. The number of furan rings is 3. The largest absolute Gasteiger partial charge is 0.456 e. The molecule has 136 heavy (non-hydrogen) atoms. The summed E-state index contributed by atoms with van der Waals surface area (Å²) in [6, 6.07) is 158. The first kappa shape index (κ1) is 79.6. The summed E-state index contributed by atoms with van der Waals surface area (Å²) in [4.78, 5) is 45.8. The number of rotatable bonds is 13. The van der Waals surface area contributed by atoms with Crippen molar-refractivity contribution in [2.45, 2.75) is 0 Å². The van der Waals surface area contributed by atoms with Crippen molar-refractivity contribution in [1.82, 2.24) is 49.4 Å². The molecule has 0 N–H and O–H groups in total. The van der Waals surface area contributed by atoms with Gasteiger partial charge in [-0.1, -0.05) is 370 Å². The monoisotopic (exact) mass is 1740 g/mol. The van der Waals surface area contributed by atoms with Gasteiger partial charge >= 0.3 is 0 Å². The van der Waals surface area contributed by atoms with Crippen LogP contribution in [0.1, 0.15) is 0 Å². The molecule has 0 saturated carbocycles. The van der Waals surface area contributed by atoms with E-state index >= 15 is 0 Å². The molecule has 27 aromatic rings. The van der Waals surface area contributed by atoms with Crippen molar-refractivity contribution in [1.29, 1.82) is 0 Å². The van der Waals surface area contributed by atoms with Crippen molar-refractivity contribution in [2.75, 3.05) is 0 Å². The summed E-state index contributed by atoms with van der Waals surface area (Å²) in [6.45, 7) is 0. The average Bonchev–Trinajstić information content (AvgIpc) is 1.47. The first-order valence-electron chi connectivity index (χ1n) is 45.4. The maximum Gasteiger partial charge on any atom is 0.164 e. The molecule has 0 spiro atoms. The van der Waals surface area contributed by atoms with E-state index in [1.165, 1.54) is 38.4 Å². The Hall–Kier alpha value is -18.6. The molecule has 20 aromatic carbocycles. The highest BCUT2D eigenvalue weighted by molar-refractivity contribution is 6.15. The molecule has 0 aliphatic carbocycles. The van der Waals surface area contributed by atoms with Crippen LogP contribution in [0.5, 0.6) is 0 Å². The SMILES string of the molecule is c1ccc(-c2ccc(-c3nc(-c4cccc(-n5c6ccccc6c6ccccc65)c4)nc(-c4cccc5oc6ccccc6c45)n3)c3ccccc23)cc1.c1ccc(-c2ccc3cc(-c4nc(-c5ccccc5)nc(-c5cccc6oc7ccccc7c56)n4)ccc3c2)cc1.c1ccc(-c2nc(-c3ccc4c(c3)oc3ccccc34)nc(-c3ccc(-c4ccccc4)c4ccccc34)n2)cc1. The van der Waals surface area contributed by atoms with Crippen LogP contribution in [0.2, 0.25) is 0 Å². The van der Waals surface area contributed by atoms with Crippen molar-refractivity contribution in [2.24, 2.45) is 0 Å². The molecule has 7 aromatic heterocycles. The molecule has 0 aliphatic rings. The van der Waals surface area contributed by atoms with Crippen molar-refractivity contribution in [3.63, 3.8) is 0 Å². The molecule has 0 radical (unpaired) electrons. The van der Waals surface area contributed by atoms with Crippen LogP contribution in [0, 0.1) is 0 Å². The predicted molar refractivity (Wildman–Crippen MR) is 553 cm³/mol. The average molecular weight is 1740 g/mol. The molecule has 7 heterocycles. The van der Waals surface area contributed by atoms with Gasteiger partial charge in [-0.3, -0.25) is 0 Å². The Balaban J connectivity index is 0.000000110. The summed E-state index contributed by atoms with van der Waals surface area (Å²) in [5.74, 6) is 5.55. The van der Waals surface area contributed by atoms with Gasteiger partial charge in [-0.15, -0.1) is 0 Å². The molecule has 0 bridgehead atoms. The molecule has 13 nitrogen and oxygen atoms in total. The number of hydrogen-bond donors (Lipinski definition) is 0. The number of para-hydroxylation sites is 5. The molecule has 636 valence electrons. The lowest BCUT2D eigenvalue weighted by atomic mass is 9.94. The smallest absolute Gasteiger partial charge is 0.164 e. The fourth-order valence-corrected chi connectivity index (χ4v) is 19.1. The zero-order chi connectivity index (χ0) is 89.9. The molecular weight excluding hydrogens is 1670 g/mol. The second-order valence-corrected chi connectivity index (χ2v) is 33.7. The van der Waals surface area contributed by atoms with Crippen LogP contribution >= 0.6 is 0 Å². The van der Waals surface area contributed by atoms with Gasteiger partial charge in [0.25, 0.3) is 0 Å². The third-order valence-electron chi connectivity index (χ3n) is 25.5. The lowest BCUT2D eigenvalue weighted by Crippen LogP contribution is -2.02. The summed E-state index contributed by atoms with van der Waals surface area (Å²) in [5, 5.41) is 15.4. The van der Waals surface area contributed by atoms with Gasteiger partial charge in [0, 0.05) is 98.8 Å². The summed E-state index contributed by atoms with van der Waals surface area (Å²) in [7, 11) is 0. The minimum absolute atomic E-state index is 0.589. The van der Waals surface area contributed by atoms with E-state index in [1.54, 1.807) is 0 Å². The predicted octanol–water partition coefficient (Wildman–Crippen LogP) is 31.9. The fourth-order valence-electron chi connectivity index (χ4n) is 19.1. The molecule has 0 fully saturated rings. The number of hydrogen-bond acceptors (Lipinski definition) is 12. The Morgan fingerprint density at radius 3 is 0.919 bits per heavy atom. The lowest BCUT2D eigenvalue weighted by Gasteiger charge is -2.14. The van der Waals surface area contributed by atoms with Gasteiger partial charge in [-0.25, -0.2) is 44.9 Å². The highest BCUT2D eigenvalue weighted by Gasteiger charge is 2.25. The van der Waals surface area contributed by atoms with Gasteiger partial charge in [0.15, 0.2) is 52.4 Å². The van der Waals surface area contributed by atoms with Gasteiger partial charge in [-0.05, 0) is 157 Å². The maximum absolute atomic E-state index is 6.31. The first-order chi connectivity index (χ1) is 67.4. The summed E-state index contributed by atoms with van der Waals surface area (Å²) >= 11 is 0. The molecule has 0 saturated heterocycles. The standard InChI is InChI=1S/C49H30N4O.2C37H23N3O/c1-2-14-31(15-3-1)34-28-29-39(36-19-5-4-18-35(34)36)48-50-47(51-49(52-48)41-23-13-27-45-46(41)40-22-8-11-26-44(40)54-45)32-16-12-17-33(30-32)53-42-24-9-6-20-37(42)38-21-7-10-25-43(38)53;1-3-11-24(12-4-1)27-21-22-32(29-16-8-7-15-28(27)29)37-39-35(25-13-5-2-6-14-25)38-36(40-37)26-19-20-31-30-17-9-10-18-33(30)41-34(31)23-26;1-3-10-24(11-4-1)26-18-19-28-23-29(21-20-27(28)22-26)36-38-35(25-12-5-2-6-13-25)39-37(40-36)31-15-9-17-33-34(31)30-14-7-8-16-32(30)41-33/h1-30H;2*1-23H. The quantitative estimate of drug-likeness (QED) is 0.108.